The first-order chi connectivity index (χ1) is 16.1. The smallest absolute Gasteiger partial charge is 0.407 e. The highest BCUT2D eigenvalue weighted by Crippen LogP contribution is 2.31. The lowest BCUT2D eigenvalue weighted by atomic mass is 10.1. The Morgan fingerprint density at radius 3 is 1.97 bits per heavy atom. The van der Waals surface area contributed by atoms with Gasteiger partial charge in [-0.05, 0) is 59.4 Å². The van der Waals surface area contributed by atoms with E-state index in [2.05, 4.69) is 12.2 Å². The number of benzene rings is 1. The number of nitrogens with one attached hydrogen (secondary N) is 1. The molecule has 0 saturated heterocycles. The summed E-state index contributed by atoms with van der Waals surface area (Å²) in [5, 5.41) is 2.72. The number of rotatable bonds is 15. The summed E-state index contributed by atoms with van der Waals surface area (Å²) in [6.45, 7) is 10.4. The van der Waals surface area contributed by atoms with Crippen LogP contribution in [0.15, 0.2) is 12.1 Å². The molecule has 0 bridgehead atoms. The van der Waals surface area contributed by atoms with Crippen LogP contribution < -0.4 is 14.8 Å². The Morgan fingerprint density at radius 1 is 0.853 bits per heavy atom. The number of alkyl carbamates (subject to hydrolysis) is 1. The van der Waals surface area contributed by atoms with Crippen molar-refractivity contribution in [2.24, 2.45) is 0 Å². The third kappa shape index (κ3) is 11.4. The van der Waals surface area contributed by atoms with Gasteiger partial charge in [-0.15, -0.1) is 0 Å². The zero-order valence-electron chi connectivity index (χ0n) is 21.6. The fourth-order valence-corrected chi connectivity index (χ4v) is 3.15. The maximum Gasteiger partial charge on any atom is 0.407 e. The van der Waals surface area contributed by atoms with Crippen molar-refractivity contribution in [2.45, 2.75) is 85.2 Å². The van der Waals surface area contributed by atoms with E-state index >= 15 is 0 Å². The van der Waals surface area contributed by atoms with Gasteiger partial charge in [0.2, 0.25) is 0 Å². The van der Waals surface area contributed by atoms with Crippen molar-refractivity contribution in [1.82, 2.24) is 5.32 Å². The van der Waals surface area contributed by atoms with Crippen LogP contribution in [0.3, 0.4) is 0 Å². The second kappa shape index (κ2) is 15.2. The van der Waals surface area contributed by atoms with Crippen molar-refractivity contribution in [1.29, 1.82) is 0 Å². The highest BCUT2D eigenvalue weighted by molar-refractivity contribution is 6.01. The molecule has 8 heteroatoms. The molecule has 0 aliphatic carbocycles. The van der Waals surface area contributed by atoms with Crippen LogP contribution in [0.1, 0.15) is 100 Å². The number of carbonyl (C=O) groups excluding carboxylic acids is 3. The summed E-state index contributed by atoms with van der Waals surface area (Å²) < 4.78 is 21.8. The molecular formula is C26H41NO7. The van der Waals surface area contributed by atoms with E-state index in [9.17, 15) is 14.4 Å². The van der Waals surface area contributed by atoms with Crippen LogP contribution in [0.25, 0.3) is 0 Å². The van der Waals surface area contributed by atoms with E-state index in [4.69, 9.17) is 18.9 Å². The van der Waals surface area contributed by atoms with Crippen molar-refractivity contribution in [3.05, 3.63) is 23.3 Å². The fourth-order valence-electron chi connectivity index (χ4n) is 3.15. The molecule has 0 heterocycles. The Morgan fingerprint density at radius 2 is 1.44 bits per heavy atom. The molecule has 192 valence electrons. The molecule has 0 atom stereocenters. The number of ketones is 1. The fraction of sp³-hybridized carbons (Fsp3) is 0.654. The molecule has 0 radical (unpaired) electrons. The van der Waals surface area contributed by atoms with E-state index in [0.717, 1.165) is 44.9 Å². The van der Waals surface area contributed by atoms with Gasteiger partial charge < -0.3 is 24.3 Å². The first kappa shape index (κ1) is 29.3. The minimum Gasteiger partial charge on any atom is -0.493 e. The number of methoxy groups -OCH3 is 1. The summed E-state index contributed by atoms with van der Waals surface area (Å²) in [7, 11) is 1.29. The number of unbranched alkanes of at least 4 members (excludes halogenated alkanes) is 5. The summed E-state index contributed by atoms with van der Waals surface area (Å²) in [5.74, 6) is -0.0354. The maximum absolute atomic E-state index is 12.3. The third-order valence-electron chi connectivity index (χ3n) is 4.87. The minimum atomic E-state index is -0.575. The number of amides is 1. The van der Waals surface area contributed by atoms with E-state index < -0.39 is 17.7 Å². The molecule has 0 saturated carbocycles. The number of hydrogen-bond donors (Lipinski definition) is 1. The van der Waals surface area contributed by atoms with Crippen LogP contribution in [0.4, 0.5) is 4.79 Å². The largest absolute Gasteiger partial charge is 0.493 e. The number of esters is 1. The van der Waals surface area contributed by atoms with Crippen molar-refractivity contribution in [3.8, 4) is 11.5 Å². The molecular weight excluding hydrogens is 438 g/mol. The van der Waals surface area contributed by atoms with Crippen molar-refractivity contribution in [2.75, 3.05) is 26.9 Å². The molecule has 0 aliphatic heterocycles. The molecule has 8 nitrogen and oxygen atoms in total. The lowest BCUT2D eigenvalue weighted by Gasteiger charge is -2.19. The van der Waals surface area contributed by atoms with Gasteiger partial charge in [0.25, 0.3) is 0 Å². The average Bonchev–Trinajstić information content (AvgIpc) is 2.76. The molecule has 0 aromatic heterocycles. The Labute approximate surface area is 203 Å². The Bertz CT molecular complexity index is 799. The second-order valence-corrected chi connectivity index (χ2v) is 9.14. The zero-order chi connectivity index (χ0) is 25.6. The Balaban J connectivity index is 2.68. The van der Waals surface area contributed by atoms with Gasteiger partial charge in [0, 0.05) is 12.6 Å². The van der Waals surface area contributed by atoms with Crippen LogP contribution >= 0.6 is 0 Å². The highest BCUT2D eigenvalue weighted by Gasteiger charge is 2.20. The van der Waals surface area contributed by atoms with Crippen LogP contribution in [0, 0.1) is 0 Å². The van der Waals surface area contributed by atoms with Crippen molar-refractivity contribution < 1.29 is 33.3 Å². The summed E-state index contributed by atoms with van der Waals surface area (Å²) in [6, 6.07) is 3.09. The average molecular weight is 480 g/mol. The van der Waals surface area contributed by atoms with E-state index in [0.29, 0.717) is 36.8 Å². The van der Waals surface area contributed by atoms with Gasteiger partial charge in [-0.25, -0.2) is 9.59 Å². The number of carbonyl (C=O) groups is 3. The maximum atomic E-state index is 12.3. The Kier molecular flexibility index (Phi) is 13.1. The van der Waals surface area contributed by atoms with Gasteiger partial charge in [0.1, 0.15) is 22.7 Å². The third-order valence-corrected chi connectivity index (χ3v) is 4.87. The van der Waals surface area contributed by atoms with E-state index in [1.165, 1.54) is 20.1 Å². The van der Waals surface area contributed by atoms with E-state index in [1.54, 1.807) is 6.07 Å². The summed E-state index contributed by atoms with van der Waals surface area (Å²) in [4.78, 5) is 36.1. The van der Waals surface area contributed by atoms with E-state index in [1.807, 2.05) is 20.8 Å². The van der Waals surface area contributed by atoms with Gasteiger partial charge in [0.05, 0.1) is 25.9 Å². The number of ether oxygens (including phenoxy) is 4. The minimum absolute atomic E-state index is 0.192. The Hall–Kier alpha value is -2.77. The lowest BCUT2D eigenvalue weighted by molar-refractivity contribution is 0.0525. The van der Waals surface area contributed by atoms with Crippen molar-refractivity contribution >= 4 is 17.8 Å². The number of Topliss-reactive ketones (excluding diaryl/α,β-unsaturated/α-hetero) is 1. The first-order valence-electron chi connectivity index (χ1n) is 12.1. The molecule has 34 heavy (non-hydrogen) atoms. The molecule has 1 aromatic carbocycles. The normalized spacial score (nSPS) is 11.0. The van der Waals surface area contributed by atoms with E-state index in [-0.39, 0.29) is 11.3 Å². The SMILES string of the molecule is CCCCCCOc1cc(OCCCCCNC(=O)OC(C)(C)C)c(C(=O)OC)cc1C(C)=O. The molecule has 1 aromatic rings. The quantitative estimate of drug-likeness (QED) is 0.195. The lowest BCUT2D eigenvalue weighted by Crippen LogP contribution is -2.33. The molecule has 1 amide bonds. The van der Waals surface area contributed by atoms with Gasteiger partial charge >= 0.3 is 12.1 Å². The predicted octanol–water partition coefficient (Wildman–Crippen LogP) is 5.71. The molecule has 0 fully saturated rings. The predicted molar refractivity (Wildman–Crippen MR) is 131 cm³/mol. The van der Waals surface area contributed by atoms with Gasteiger partial charge in [-0.1, -0.05) is 26.2 Å². The highest BCUT2D eigenvalue weighted by atomic mass is 16.6. The summed E-state index contributed by atoms with van der Waals surface area (Å²) >= 11 is 0. The van der Waals surface area contributed by atoms with Crippen LogP contribution in [0.2, 0.25) is 0 Å². The summed E-state index contributed by atoms with van der Waals surface area (Å²) in [6.07, 6.45) is 6.07. The second-order valence-electron chi connectivity index (χ2n) is 9.14. The first-order valence-corrected chi connectivity index (χ1v) is 12.1. The molecule has 0 unspecified atom stereocenters. The van der Waals surface area contributed by atoms with Gasteiger partial charge in [-0.3, -0.25) is 4.79 Å². The summed E-state index contributed by atoms with van der Waals surface area (Å²) in [5.41, 5.74) is -0.000239. The molecule has 0 aliphatic rings. The monoisotopic (exact) mass is 479 g/mol. The molecule has 1 rings (SSSR count). The number of hydrogen-bond acceptors (Lipinski definition) is 7. The van der Waals surface area contributed by atoms with Gasteiger partial charge in [-0.2, -0.15) is 0 Å². The molecule has 0 spiro atoms. The van der Waals surface area contributed by atoms with Crippen LogP contribution in [-0.4, -0.2) is 50.3 Å². The zero-order valence-corrected chi connectivity index (χ0v) is 21.6. The van der Waals surface area contributed by atoms with Crippen LogP contribution in [-0.2, 0) is 9.47 Å². The van der Waals surface area contributed by atoms with Crippen LogP contribution in [0.5, 0.6) is 11.5 Å². The molecule has 1 N–H and O–H groups in total. The van der Waals surface area contributed by atoms with Gasteiger partial charge in [0.15, 0.2) is 5.78 Å². The van der Waals surface area contributed by atoms with Crippen molar-refractivity contribution in [3.63, 3.8) is 0 Å². The topological polar surface area (TPSA) is 100 Å². The standard InChI is InChI=1S/C26H41NO7/c1-7-8-9-12-15-32-22-18-23(21(24(29)31-6)17-20(22)19(2)28)33-16-13-10-11-14-27-25(30)34-26(3,4)5/h17-18H,7-16H2,1-6H3,(H,27,30).